The molecule has 0 amide bonds. The number of carbonyl (C=O) groups is 1. The maximum absolute atomic E-state index is 13.1. The minimum atomic E-state index is -4.43. The van der Waals surface area contributed by atoms with Crippen LogP contribution in [0.1, 0.15) is 36.6 Å². The molecule has 1 saturated carbocycles. The number of benzene rings is 2. The van der Waals surface area contributed by atoms with Crippen LogP contribution in [0.15, 0.2) is 72.8 Å². The summed E-state index contributed by atoms with van der Waals surface area (Å²) >= 11 is 0. The number of pyridine rings is 1. The predicted molar refractivity (Wildman–Crippen MR) is 112 cm³/mol. The van der Waals surface area contributed by atoms with Crippen molar-refractivity contribution in [2.75, 3.05) is 7.11 Å². The van der Waals surface area contributed by atoms with E-state index >= 15 is 0 Å². The lowest BCUT2D eigenvalue weighted by molar-refractivity contribution is -0.145. The van der Waals surface area contributed by atoms with Crippen molar-refractivity contribution in [3.63, 3.8) is 0 Å². The maximum Gasteiger partial charge on any atom is 0.416 e. The van der Waals surface area contributed by atoms with E-state index in [-0.39, 0.29) is 0 Å². The first-order chi connectivity index (χ1) is 15.1. The van der Waals surface area contributed by atoms with Crippen LogP contribution in [0.5, 0.6) is 11.6 Å². The summed E-state index contributed by atoms with van der Waals surface area (Å²) < 4.78 is 50.0. The maximum atomic E-state index is 13.1. The molecule has 2 aromatic carbocycles. The summed E-state index contributed by atoms with van der Waals surface area (Å²) in [7, 11) is 1.30. The summed E-state index contributed by atoms with van der Waals surface area (Å²) in [5.41, 5.74) is -1.47. The van der Waals surface area contributed by atoms with Crippen molar-refractivity contribution in [3.05, 3.63) is 89.6 Å². The minimum Gasteiger partial charge on any atom is -0.468 e. The Morgan fingerprint density at radius 1 is 0.938 bits per heavy atom. The molecule has 1 aliphatic rings. The third kappa shape index (κ3) is 3.42. The van der Waals surface area contributed by atoms with Crippen LogP contribution < -0.4 is 4.74 Å². The van der Waals surface area contributed by atoms with Gasteiger partial charge in [-0.15, -0.1) is 0 Å². The summed E-state index contributed by atoms with van der Waals surface area (Å²) in [6.45, 7) is 3.78. The average Bonchev–Trinajstić information content (AvgIpc) is 3.30. The number of esters is 1. The largest absolute Gasteiger partial charge is 0.468 e. The third-order valence-electron chi connectivity index (χ3n) is 6.26. The van der Waals surface area contributed by atoms with Gasteiger partial charge >= 0.3 is 12.1 Å². The van der Waals surface area contributed by atoms with Crippen LogP contribution >= 0.6 is 0 Å². The standard InChI is InChI=1S/C25H22F3NO3/c1-23(2)21(16-12-14-17(15-13-16)25(26,27)28)24(23,22(30)31-3)19-10-7-11-20(29-19)32-18-8-5-4-6-9-18/h4-15,21H,1-3H3. The van der Waals surface area contributed by atoms with Gasteiger partial charge in [-0.2, -0.15) is 13.2 Å². The highest BCUT2D eigenvalue weighted by atomic mass is 19.4. The Hall–Kier alpha value is -3.35. The molecule has 2 unspecified atom stereocenters. The summed E-state index contributed by atoms with van der Waals surface area (Å²) in [6, 6.07) is 19.2. The van der Waals surface area contributed by atoms with E-state index in [0.29, 0.717) is 22.9 Å². The molecule has 1 aromatic heterocycles. The molecule has 0 aliphatic heterocycles. The zero-order valence-electron chi connectivity index (χ0n) is 17.8. The minimum absolute atomic E-state index is 0.311. The quantitative estimate of drug-likeness (QED) is 0.447. The van der Waals surface area contributed by atoms with E-state index < -0.39 is 34.5 Å². The van der Waals surface area contributed by atoms with Crippen LogP contribution in [0.2, 0.25) is 0 Å². The van der Waals surface area contributed by atoms with E-state index in [1.807, 2.05) is 32.0 Å². The van der Waals surface area contributed by atoms with Gasteiger partial charge in [-0.3, -0.25) is 4.79 Å². The number of halogens is 3. The van der Waals surface area contributed by atoms with Crippen molar-refractivity contribution in [1.82, 2.24) is 4.98 Å². The summed E-state index contributed by atoms with van der Waals surface area (Å²) in [5.74, 6) is 0.00503. The second kappa shape index (κ2) is 7.65. The van der Waals surface area contributed by atoms with Crippen LogP contribution in [-0.2, 0) is 21.1 Å². The van der Waals surface area contributed by atoms with E-state index in [1.54, 1.807) is 30.3 Å². The molecule has 0 bridgehead atoms. The number of aromatic nitrogens is 1. The van der Waals surface area contributed by atoms with Gasteiger partial charge in [0.25, 0.3) is 0 Å². The van der Waals surface area contributed by atoms with Crippen molar-refractivity contribution in [2.24, 2.45) is 5.41 Å². The molecule has 4 nitrogen and oxygen atoms in total. The lowest BCUT2D eigenvalue weighted by atomic mass is 9.91. The lowest BCUT2D eigenvalue weighted by Crippen LogP contribution is -2.29. The molecular formula is C25H22F3NO3. The lowest BCUT2D eigenvalue weighted by Gasteiger charge is -2.18. The van der Waals surface area contributed by atoms with Gasteiger partial charge in [0, 0.05) is 12.0 Å². The third-order valence-corrected chi connectivity index (χ3v) is 6.26. The first-order valence-electron chi connectivity index (χ1n) is 10.1. The number of alkyl halides is 3. The Bertz CT molecular complexity index is 1130. The number of para-hydroxylation sites is 1. The van der Waals surface area contributed by atoms with E-state index in [9.17, 15) is 18.0 Å². The zero-order chi connectivity index (χ0) is 23.1. The predicted octanol–water partition coefficient (Wildman–Crippen LogP) is 6.13. The molecule has 0 saturated heterocycles. The summed E-state index contributed by atoms with van der Waals surface area (Å²) in [5, 5.41) is 0. The fourth-order valence-electron chi connectivity index (χ4n) is 4.72. The first kappa shape index (κ1) is 21.9. The second-order valence-corrected chi connectivity index (χ2v) is 8.35. The van der Waals surface area contributed by atoms with Gasteiger partial charge in [-0.1, -0.05) is 50.2 Å². The van der Waals surface area contributed by atoms with E-state index in [0.717, 1.165) is 12.1 Å². The van der Waals surface area contributed by atoms with Crippen LogP contribution in [0.25, 0.3) is 0 Å². The molecule has 0 radical (unpaired) electrons. The number of nitrogens with zero attached hydrogens (tertiary/aromatic N) is 1. The van der Waals surface area contributed by atoms with Gasteiger partial charge in [0.1, 0.15) is 11.2 Å². The fourth-order valence-corrected chi connectivity index (χ4v) is 4.72. The molecule has 0 N–H and O–H groups in total. The van der Waals surface area contributed by atoms with Crippen LogP contribution in [0.3, 0.4) is 0 Å². The highest BCUT2D eigenvalue weighted by Crippen LogP contribution is 2.74. The number of methoxy groups -OCH3 is 1. The number of rotatable bonds is 5. The van der Waals surface area contributed by atoms with Crippen LogP contribution in [0.4, 0.5) is 13.2 Å². The smallest absolute Gasteiger partial charge is 0.416 e. The monoisotopic (exact) mass is 441 g/mol. The molecule has 166 valence electrons. The van der Waals surface area contributed by atoms with Gasteiger partial charge in [0.05, 0.1) is 18.4 Å². The average molecular weight is 441 g/mol. The Morgan fingerprint density at radius 2 is 1.59 bits per heavy atom. The molecule has 3 aromatic rings. The fraction of sp³-hybridized carbons (Fsp3) is 0.280. The van der Waals surface area contributed by atoms with E-state index in [2.05, 4.69) is 4.98 Å². The molecule has 0 spiro atoms. The molecule has 4 rings (SSSR count). The van der Waals surface area contributed by atoms with Crippen LogP contribution in [0, 0.1) is 5.41 Å². The zero-order valence-corrected chi connectivity index (χ0v) is 17.8. The second-order valence-electron chi connectivity index (χ2n) is 8.35. The SMILES string of the molecule is COC(=O)C1(c2cccc(Oc3ccccc3)n2)C(c2ccc(C(F)(F)F)cc2)C1(C)C. The van der Waals surface area contributed by atoms with Gasteiger partial charge in [0.15, 0.2) is 0 Å². The highest BCUT2D eigenvalue weighted by molar-refractivity contribution is 5.91. The molecule has 1 aliphatic carbocycles. The number of hydrogen-bond donors (Lipinski definition) is 0. The topological polar surface area (TPSA) is 48.4 Å². The molecule has 1 fully saturated rings. The van der Waals surface area contributed by atoms with Crippen molar-refractivity contribution in [3.8, 4) is 11.6 Å². The van der Waals surface area contributed by atoms with Gasteiger partial charge in [-0.05, 0) is 41.3 Å². The summed E-state index contributed by atoms with van der Waals surface area (Å²) in [4.78, 5) is 17.7. The number of carbonyl (C=O) groups excluding carboxylic acids is 1. The molecule has 1 heterocycles. The summed E-state index contributed by atoms with van der Waals surface area (Å²) in [6.07, 6.45) is -4.43. The number of ether oxygens (including phenoxy) is 2. The van der Waals surface area contributed by atoms with Gasteiger partial charge < -0.3 is 9.47 Å². The molecule has 2 atom stereocenters. The Labute approximate surface area is 184 Å². The Morgan fingerprint density at radius 3 is 2.19 bits per heavy atom. The van der Waals surface area contributed by atoms with Crippen molar-refractivity contribution < 1.29 is 27.4 Å². The van der Waals surface area contributed by atoms with E-state index in [4.69, 9.17) is 9.47 Å². The van der Waals surface area contributed by atoms with Crippen molar-refractivity contribution in [2.45, 2.75) is 31.4 Å². The van der Waals surface area contributed by atoms with Crippen molar-refractivity contribution in [1.29, 1.82) is 0 Å². The van der Waals surface area contributed by atoms with Crippen molar-refractivity contribution >= 4 is 5.97 Å². The normalized spacial score (nSPS) is 21.6. The highest BCUT2D eigenvalue weighted by Gasteiger charge is 2.78. The molecule has 32 heavy (non-hydrogen) atoms. The van der Waals surface area contributed by atoms with Crippen LogP contribution in [-0.4, -0.2) is 18.1 Å². The van der Waals surface area contributed by atoms with E-state index in [1.165, 1.54) is 19.2 Å². The Kier molecular flexibility index (Phi) is 5.23. The first-order valence-corrected chi connectivity index (χ1v) is 10.1. The molecule has 7 heteroatoms. The Balaban J connectivity index is 1.75. The van der Waals surface area contributed by atoms with Gasteiger partial charge in [-0.25, -0.2) is 4.98 Å². The number of hydrogen-bond acceptors (Lipinski definition) is 4. The molecular weight excluding hydrogens is 419 g/mol. The van der Waals surface area contributed by atoms with Gasteiger partial charge in [0.2, 0.25) is 5.88 Å².